The van der Waals surface area contributed by atoms with Gasteiger partial charge in [0.05, 0.1) is 19.1 Å². The number of carbonyl (C=O) groups excluding carboxylic acids is 1. The topological polar surface area (TPSA) is 81.9 Å². The first-order chi connectivity index (χ1) is 14.1. The summed E-state index contributed by atoms with van der Waals surface area (Å²) >= 11 is 3.27. The van der Waals surface area contributed by atoms with Crippen LogP contribution in [0, 0.1) is 10.1 Å². The molecular weight excluding hydrogens is 473 g/mol. The smallest absolute Gasteiger partial charge is 0.432 e. The second-order valence-corrected chi connectivity index (χ2v) is 8.11. The average Bonchev–Trinajstić information content (AvgIpc) is 2.66. The van der Waals surface area contributed by atoms with Gasteiger partial charge in [0.25, 0.3) is 12.1 Å². The Bertz CT molecular complexity index is 855. The maximum atomic E-state index is 13.7. The number of halogens is 4. The van der Waals surface area contributed by atoms with Crippen LogP contribution >= 0.6 is 15.9 Å². The zero-order valence-electron chi connectivity index (χ0n) is 16.0. The Morgan fingerprint density at radius 3 is 2.60 bits per heavy atom. The highest BCUT2D eigenvalue weighted by Gasteiger charge is 2.59. The lowest BCUT2D eigenvalue weighted by atomic mass is 9.81. The molecule has 3 rings (SSSR count). The van der Waals surface area contributed by atoms with Crippen LogP contribution in [0.2, 0.25) is 0 Å². The summed E-state index contributed by atoms with van der Waals surface area (Å²) in [5.74, 6) is -1.47. The van der Waals surface area contributed by atoms with Crippen LogP contribution in [0.15, 0.2) is 34.4 Å². The predicted octanol–water partition coefficient (Wildman–Crippen LogP) is 3.70. The molecule has 0 bridgehead atoms. The van der Waals surface area contributed by atoms with Crippen LogP contribution in [0.1, 0.15) is 24.8 Å². The molecule has 30 heavy (non-hydrogen) atoms. The molecule has 1 saturated heterocycles. The molecule has 1 aromatic rings. The van der Waals surface area contributed by atoms with E-state index in [2.05, 4.69) is 15.9 Å². The number of rotatable bonds is 5. The van der Waals surface area contributed by atoms with Crippen LogP contribution in [0.3, 0.4) is 0 Å². The number of carbonyl (C=O) groups is 1. The standard InChI is InChI=1S/C19H20BrF3N2O5/c1-11(26)8-13(24-4-6-29-7-5-24)10-15-14-9-12(20)2-3-16(14)30-18(19(21,22)23)17(15)25(27)28/h2-3,8-9,15,17-18H,4-7,10H2,1H3/b13-8+/t15-,17+,18-/m1/s1. The van der Waals surface area contributed by atoms with Crippen molar-refractivity contribution >= 4 is 21.7 Å². The first-order valence-electron chi connectivity index (χ1n) is 9.28. The van der Waals surface area contributed by atoms with E-state index in [9.17, 15) is 28.1 Å². The van der Waals surface area contributed by atoms with Crippen LogP contribution in [-0.4, -0.2) is 60.2 Å². The number of hydrogen-bond donors (Lipinski definition) is 0. The first kappa shape index (κ1) is 22.5. The molecule has 0 saturated carbocycles. The van der Waals surface area contributed by atoms with Gasteiger partial charge in [-0.15, -0.1) is 0 Å². The van der Waals surface area contributed by atoms with E-state index in [1.54, 1.807) is 0 Å². The number of allylic oxidation sites excluding steroid dienone is 2. The van der Waals surface area contributed by atoms with E-state index >= 15 is 0 Å². The van der Waals surface area contributed by atoms with Gasteiger partial charge in [0.2, 0.25) is 0 Å². The Labute approximate surface area is 179 Å². The maximum absolute atomic E-state index is 13.7. The molecule has 0 amide bonds. The third-order valence-corrected chi connectivity index (χ3v) is 5.62. The Hall–Kier alpha value is -2.14. The molecule has 11 heteroatoms. The second-order valence-electron chi connectivity index (χ2n) is 7.19. The molecule has 2 heterocycles. The Kier molecular flexibility index (Phi) is 6.71. The molecule has 0 spiro atoms. The van der Waals surface area contributed by atoms with Gasteiger partial charge in [-0.25, -0.2) is 0 Å². The van der Waals surface area contributed by atoms with E-state index < -0.39 is 29.2 Å². The largest absolute Gasteiger partial charge is 0.473 e. The summed E-state index contributed by atoms with van der Waals surface area (Å²) in [6, 6.07) is 2.37. The lowest BCUT2D eigenvalue weighted by Gasteiger charge is -2.38. The normalized spacial score (nSPS) is 24.8. The molecule has 1 aromatic carbocycles. The van der Waals surface area contributed by atoms with Crippen LogP contribution in [0.5, 0.6) is 5.75 Å². The lowest BCUT2D eigenvalue weighted by molar-refractivity contribution is -0.548. The van der Waals surface area contributed by atoms with Crippen molar-refractivity contribution in [3.8, 4) is 5.75 Å². The highest BCUT2D eigenvalue weighted by Crippen LogP contribution is 2.46. The molecule has 2 aliphatic heterocycles. The summed E-state index contributed by atoms with van der Waals surface area (Å²) in [5, 5.41) is 11.8. The minimum atomic E-state index is -4.93. The lowest BCUT2D eigenvalue weighted by Crippen LogP contribution is -2.53. The van der Waals surface area contributed by atoms with Crippen LogP contribution in [0.25, 0.3) is 0 Å². The van der Waals surface area contributed by atoms with E-state index in [0.29, 0.717) is 42.0 Å². The summed E-state index contributed by atoms with van der Waals surface area (Å²) in [6.07, 6.45) is -6.29. The third-order valence-electron chi connectivity index (χ3n) is 5.13. The minimum Gasteiger partial charge on any atom is -0.473 e. The van der Waals surface area contributed by atoms with Crippen LogP contribution < -0.4 is 4.74 Å². The molecule has 2 aliphatic rings. The fourth-order valence-electron chi connectivity index (χ4n) is 3.86. The van der Waals surface area contributed by atoms with Gasteiger partial charge in [-0.1, -0.05) is 15.9 Å². The van der Waals surface area contributed by atoms with E-state index in [1.165, 1.54) is 31.2 Å². The minimum absolute atomic E-state index is 0.0484. The number of nitrogens with zero attached hydrogens (tertiary/aromatic N) is 2. The summed E-state index contributed by atoms with van der Waals surface area (Å²) in [5.41, 5.74) is 0.755. The predicted molar refractivity (Wildman–Crippen MR) is 104 cm³/mol. The zero-order chi connectivity index (χ0) is 22.1. The number of morpholine rings is 1. The highest BCUT2D eigenvalue weighted by molar-refractivity contribution is 9.10. The number of benzene rings is 1. The van der Waals surface area contributed by atoms with Gasteiger partial charge in [0.15, 0.2) is 5.78 Å². The van der Waals surface area contributed by atoms with E-state index in [0.717, 1.165) is 0 Å². The molecule has 0 unspecified atom stereocenters. The quantitative estimate of drug-likeness (QED) is 0.354. The van der Waals surface area contributed by atoms with Gasteiger partial charge in [-0.2, -0.15) is 13.2 Å². The van der Waals surface area contributed by atoms with Gasteiger partial charge >= 0.3 is 6.18 Å². The molecule has 0 N–H and O–H groups in total. The molecule has 1 fully saturated rings. The summed E-state index contributed by atoms with van der Waals surface area (Å²) < 4.78 is 51.9. The molecule has 164 valence electrons. The van der Waals surface area contributed by atoms with Gasteiger partial charge < -0.3 is 14.4 Å². The average molecular weight is 493 g/mol. The number of fused-ring (bicyclic) bond motifs is 1. The Morgan fingerprint density at radius 2 is 2.03 bits per heavy atom. The van der Waals surface area contributed by atoms with Crippen molar-refractivity contribution in [1.82, 2.24) is 4.90 Å². The van der Waals surface area contributed by atoms with E-state index in [1.807, 2.05) is 4.90 Å². The van der Waals surface area contributed by atoms with Gasteiger partial charge in [0.1, 0.15) is 5.75 Å². The molecule has 7 nitrogen and oxygen atoms in total. The zero-order valence-corrected chi connectivity index (χ0v) is 17.6. The van der Waals surface area contributed by atoms with Crippen molar-refractivity contribution in [3.63, 3.8) is 0 Å². The number of alkyl halides is 3. The Balaban J connectivity index is 2.08. The summed E-state index contributed by atoms with van der Waals surface area (Å²) in [4.78, 5) is 24.5. The molecule has 0 aromatic heterocycles. The van der Waals surface area contributed by atoms with Crippen LogP contribution in [0.4, 0.5) is 13.2 Å². The van der Waals surface area contributed by atoms with E-state index in [4.69, 9.17) is 9.47 Å². The second kappa shape index (κ2) is 8.93. The molecule has 0 aliphatic carbocycles. The third kappa shape index (κ3) is 4.94. The van der Waals surface area contributed by atoms with Gasteiger partial charge in [0, 0.05) is 40.2 Å². The number of ether oxygens (including phenoxy) is 2. The fourth-order valence-corrected chi connectivity index (χ4v) is 4.24. The van der Waals surface area contributed by atoms with Gasteiger partial charge in [-0.3, -0.25) is 14.9 Å². The van der Waals surface area contributed by atoms with Crippen molar-refractivity contribution < 1.29 is 32.4 Å². The molecule has 3 atom stereocenters. The van der Waals surface area contributed by atoms with Crippen molar-refractivity contribution in [2.24, 2.45) is 0 Å². The van der Waals surface area contributed by atoms with E-state index in [-0.39, 0.29) is 18.0 Å². The highest BCUT2D eigenvalue weighted by atomic mass is 79.9. The molecular formula is C19H20BrF3N2O5. The first-order valence-corrected chi connectivity index (χ1v) is 10.1. The van der Waals surface area contributed by atoms with Crippen molar-refractivity contribution in [1.29, 1.82) is 0 Å². The number of hydrogen-bond acceptors (Lipinski definition) is 6. The Morgan fingerprint density at radius 1 is 1.37 bits per heavy atom. The fraction of sp³-hybridized carbons (Fsp3) is 0.526. The number of ketones is 1. The monoisotopic (exact) mass is 492 g/mol. The van der Waals surface area contributed by atoms with Crippen molar-refractivity contribution in [2.45, 2.75) is 37.6 Å². The van der Waals surface area contributed by atoms with Crippen molar-refractivity contribution in [3.05, 3.63) is 50.1 Å². The van der Waals surface area contributed by atoms with Gasteiger partial charge in [-0.05, 0) is 31.2 Å². The van der Waals surface area contributed by atoms with Crippen molar-refractivity contribution in [2.75, 3.05) is 26.3 Å². The summed E-state index contributed by atoms with van der Waals surface area (Å²) in [6.45, 7) is 3.02. The SMILES string of the molecule is CC(=O)/C=C(\C[C@@H]1c2cc(Br)ccc2O[C@@H](C(F)(F)F)[C@H]1[N+](=O)[O-])N1CCOCC1. The summed E-state index contributed by atoms with van der Waals surface area (Å²) in [7, 11) is 0. The molecule has 0 radical (unpaired) electrons. The van der Waals surface area contributed by atoms with Crippen LogP contribution in [-0.2, 0) is 9.53 Å². The maximum Gasteiger partial charge on any atom is 0.432 e. The number of nitro groups is 1.